The van der Waals surface area contributed by atoms with Gasteiger partial charge in [-0.3, -0.25) is 9.59 Å². The first-order chi connectivity index (χ1) is 16.6. The van der Waals surface area contributed by atoms with Crippen molar-refractivity contribution in [1.29, 1.82) is 0 Å². The molecule has 8 heteroatoms. The third-order valence-electron chi connectivity index (χ3n) is 6.62. The number of rotatable bonds is 10. The number of carbonyl (C=O) groups excluding carboxylic acids is 2. The van der Waals surface area contributed by atoms with Gasteiger partial charge >= 0.3 is 0 Å². The van der Waals surface area contributed by atoms with E-state index < -0.39 is 15.9 Å². The van der Waals surface area contributed by atoms with Gasteiger partial charge in [-0.1, -0.05) is 42.5 Å². The molecule has 1 saturated heterocycles. The standard InChI is InChI=1S/C27H37N3O4S/c1-20(2)30(35(33,34)25-11-7-8-21(3)18-25)24-14-16-29(17-15-24)27(32)23(12-13-26(28)31)19-22-9-5-4-6-10-22/h4-11,18,20,23-24H,12-17,19H2,1-3H3,(H2,28,31)/t23-/m0/s1. The van der Waals surface area contributed by atoms with E-state index in [1.165, 1.54) is 0 Å². The van der Waals surface area contributed by atoms with Crippen LogP contribution in [0.15, 0.2) is 59.5 Å². The summed E-state index contributed by atoms with van der Waals surface area (Å²) in [6, 6.07) is 16.4. The topological polar surface area (TPSA) is 101 Å². The van der Waals surface area contributed by atoms with Crippen LogP contribution in [0.5, 0.6) is 0 Å². The molecule has 0 aliphatic carbocycles. The van der Waals surface area contributed by atoms with Crippen molar-refractivity contribution in [3.8, 4) is 0 Å². The summed E-state index contributed by atoms with van der Waals surface area (Å²) in [5.74, 6) is -0.742. The minimum Gasteiger partial charge on any atom is -0.370 e. The van der Waals surface area contributed by atoms with Gasteiger partial charge in [-0.15, -0.1) is 0 Å². The minimum atomic E-state index is -3.66. The quantitative estimate of drug-likeness (QED) is 0.541. The smallest absolute Gasteiger partial charge is 0.243 e. The second-order valence-electron chi connectivity index (χ2n) is 9.69. The fraction of sp³-hybridized carbons (Fsp3) is 0.481. The van der Waals surface area contributed by atoms with Gasteiger partial charge in [0.1, 0.15) is 0 Å². The van der Waals surface area contributed by atoms with Crippen LogP contribution in [0.1, 0.15) is 50.7 Å². The monoisotopic (exact) mass is 499 g/mol. The number of sulfonamides is 1. The molecular formula is C27H37N3O4S. The number of carbonyl (C=O) groups is 2. The van der Waals surface area contributed by atoms with Crippen molar-refractivity contribution in [2.24, 2.45) is 11.7 Å². The number of nitrogens with zero attached hydrogens (tertiary/aromatic N) is 2. The molecule has 0 radical (unpaired) electrons. The van der Waals surface area contributed by atoms with Crippen LogP contribution in [0.25, 0.3) is 0 Å². The van der Waals surface area contributed by atoms with Crippen molar-refractivity contribution in [2.75, 3.05) is 13.1 Å². The van der Waals surface area contributed by atoms with Crippen LogP contribution in [0.2, 0.25) is 0 Å². The van der Waals surface area contributed by atoms with Crippen LogP contribution in [0, 0.1) is 12.8 Å². The lowest BCUT2D eigenvalue weighted by Gasteiger charge is -2.40. The first kappa shape index (κ1) is 26.9. The summed E-state index contributed by atoms with van der Waals surface area (Å²) < 4.78 is 28.6. The number of hydrogen-bond acceptors (Lipinski definition) is 4. The van der Waals surface area contributed by atoms with E-state index in [0.717, 1.165) is 11.1 Å². The number of hydrogen-bond donors (Lipinski definition) is 1. The lowest BCUT2D eigenvalue weighted by Crippen LogP contribution is -2.52. The second-order valence-corrected chi connectivity index (χ2v) is 11.5. The molecule has 0 unspecified atom stereocenters. The van der Waals surface area contributed by atoms with E-state index in [-0.39, 0.29) is 30.3 Å². The molecule has 0 spiro atoms. The molecule has 2 aromatic rings. The van der Waals surface area contributed by atoms with Crippen LogP contribution in [-0.2, 0) is 26.0 Å². The zero-order chi connectivity index (χ0) is 25.6. The maximum Gasteiger partial charge on any atom is 0.243 e. The molecule has 2 N–H and O–H groups in total. The zero-order valence-corrected chi connectivity index (χ0v) is 21.7. The van der Waals surface area contributed by atoms with Crippen LogP contribution >= 0.6 is 0 Å². The lowest BCUT2D eigenvalue weighted by atomic mass is 9.92. The van der Waals surface area contributed by atoms with Gasteiger partial charge in [-0.2, -0.15) is 4.31 Å². The maximum atomic E-state index is 13.5. The van der Waals surface area contributed by atoms with Crippen molar-refractivity contribution in [1.82, 2.24) is 9.21 Å². The number of primary amides is 1. The van der Waals surface area contributed by atoms with E-state index >= 15 is 0 Å². The SMILES string of the molecule is Cc1cccc(S(=O)(=O)N(C(C)C)C2CCN(C(=O)[C@@H](CCC(N)=O)Cc3ccccc3)CC2)c1. The molecule has 190 valence electrons. The van der Waals surface area contributed by atoms with Gasteiger partial charge in [0.2, 0.25) is 21.8 Å². The second kappa shape index (κ2) is 11.8. The van der Waals surface area contributed by atoms with Crippen LogP contribution < -0.4 is 5.73 Å². The number of nitrogens with two attached hydrogens (primary N) is 1. The summed E-state index contributed by atoms with van der Waals surface area (Å²) in [4.78, 5) is 27.0. The maximum absolute atomic E-state index is 13.5. The van der Waals surface area contributed by atoms with Crippen LogP contribution in [0.3, 0.4) is 0 Å². The fourth-order valence-electron chi connectivity index (χ4n) is 4.92. The first-order valence-electron chi connectivity index (χ1n) is 12.3. The molecule has 0 aromatic heterocycles. The van der Waals surface area contributed by atoms with E-state index in [1.807, 2.05) is 62.1 Å². The Hall–Kier alpha value is -2.71. The zero-order valence-electron chi connectivity index (χ0n) is 20.9. The predicted octanol–water partition coefficient (Wildman–Crippen LogP) is 3.51. The molecule has 1 atom stereocenters. The summed E-state index contributed by atoms with van der Waals surface area (Å²) >= 11 is 0. The molecule has 0 bridgehead atoms. The number of likely N-dealkylation sites (tertiary alicyclic amines) is 1. The van der Waals surface area contributed by atoms with Gasteiger partial charge in [0, 0.05) is 37.5 Å². The third kappa shape index (κ3) is 6.92. The molecule has 7 nitrogen and oxygen atoms in total. The largest absolute Gasteiger partial charge is 0.370 e. The van der Waals surface area contributed by atoms with Gasteiger partial charge in [-0.05, 0) is 69.7 Å². The normalized spacial score (nSPS) is 16.0. The molecular weight excluding hydrogens is 462 g/mol. The van der Waals surface area contributed by atoms with E-state index in [9.17, 15) is 18.0 Å². The number of benzene rings is 2. The van der Waals surface area contributed by atoms with E-state index in [0.29, 0.717) is 43.7 Å². The Morgan fingerprint density at radius 1 is 1.06 bits per heavy atom. The molecule has 3 rings (SSSR count). The summed E-state index contributed by atoms with van der Waals surface area (Å²) in [7, 11) is -3.66. The van der Waals surface area contributed by atoms with Crippen molar-refractivity contribution >= 4 is 21.8 Å². The molecule has 2 amide bonds. The Kier molecular flexibility index (Phi) is 9.08. The molecule has 1 aliphatic rings. The molecule has 1 fully saturated rings. The minimum absolute atomic E-state index is 0.00573. The highest BCUT2D eigenvalue weighted by molar-refractivity contribution is 7.89. The fourth-order valence-corrected chi connectivity index (χ4v) is 6.91. The highest BCUT2D eigenvalue weighted by Gasteiger charge is 2.37. The van der Waals surface area contributed by atoms with Crippen molar-refractivity contribution in [3.63, 3.8) is 0 Å². The molecule has 0 saturated carbocycles. The van der Waals surface area contributed by atoms with Crippen molar-refractivity contribution in [2.45, 2.75) is 69.9 Å². The number of amides is 2. The summed E-state index contributed by atoms with van der Waals surface area (Å²) in [5, 5.41) is 0. The first-order valence-corrected chi connectivity index (χ1v) is 13.7. The van der Waals surface area contributed by atoms with E-state index in [1.54, 1.807) is 22.5 Å². The van der Waals surface area contributed by atoms with Crippen molar-refractivity contribution < 1.29 is 18.0 Å². The highest BCUT2D eigenvalue weighted by Crippen LogP contribution is 2.28. The van der Waals surface area contributed by atoms with Gasteiger partial charge in [0.05, 0.1) is 4.90 Å². The third-order valence-corrected chi connectivity index (χ3v) is 8.75. The van der Waals surface area contributed by atoms with E-state index in [2.05, 4.69) is 0 Å². The van der Waals surface area contributed by atoms with E-state index in [4.69, 9.17) is 5.73 Å². The molecule has 1 aliphatic heterocycles. The lowest BCUT2D eigenvalue weighted by molar-refractivity contribution is -0.137. The summed E-state index contributed by atoms with van der Waals surface area (Å²) in [5.41, 5.74) is 7.31. The van der Waals surface area contributed by atoms with Crippen molar-refractivity contribution in [3.05, 3.63) is 65.7 Å². The van der Waals surface area contributed by atoms with Crippen LogP contribution in [-0.4, -0.2) is 54.6 Å². The Labute approximate surface area is 209 Å². The Balaban J connectivity index is 1.72. The summed E-state index contributed by atoms with van der Waals surface area (Å²) in [6.07, 6.45) is 2.26. The Bertz CT molecular complexity index is 1110. The summed E-state index contributed by atoms with van der Waals surface area (Å²) in [6.45, 7) is 6.64. The predicted molar refractivity (Wildman–Crippen MR) is 137 cm³/mol. The molecule has 2 aromatic carbocycles. The molecule has 1 heterocycles. The average Bonchev–Trinajstić information content (AvgIpc) is 2.82. The number of piperidine rings is 1. The van der Waals surface area contributed by atoms with Gasteiger partial charge in [0.25, 0.3) is 0 Å². The highest BCUT2D eigenvalue weighted by atomic mass is 32.2. The Morgan fingerprint density at radius 3 is 2.29 bits per heavy atom. The van der Waals surface area contributed by atoms with Crippen LogP contribution in [0.4, 0.5) is 0 Å². The number of aryl methyl sites for hydroxylation is 1. The van der Waals surface area contributed by atoms with Gasteiger partial charge in [0.15, 0.2) is 0 Å². The Morgan fingerprint density at radius 2 is 1.71 bits per heavy atom. The average molecular weight is 500 g/mol. The van der Waals surface area contributed by atoms with Gasteiger partial charge < -0.3 is 10.6 Å². The van der Waals surface area contributed by atoms with Gasteiger partial charge in [-0.25, -0.2) is 8.42 Å². The molecule has 35 heavy (non-hydrogen) atoms.